The highest BCUT2D eigenvalue weighted by Crippen LogP contribution is 2.19. The molecular formula is C11H17N3O3S. The van der Waals surface area contributed by atoms with Crippen molar-refractivity contribution in [3.8, 4) is 0 Å². The van der Waals surface area contributed by atoms with Gasteiger partial charge in [-0.1, -0.05) is 6.07 Å². The van der Waals surface area contributed by atoms with Crippen LogP contribution in [0.2, 0.25) is 0 Å². The first-order valence-electron chi connectivity index (χ1n) is 5.30. The third-order valence-electron chi connectivity index (χ3n) is 2.53. The molecule has 0 spiro atoms. The summed E-state index contributed by atoms with van der Waals surface area (Å²) in [7, 11) is -0.604. The Labute approximate surface area is 107 Å². The first-order valence-corrected chi connectivity index (χ1v) is 6.79. The van der Waals surface area contributed by atoms with E-state index in [2.05, 4.69) is 4.72 Å². The van der Waals surface area contributed by atoms with Crippen LogP contribution >= 0.6 is 0 Å². The number of likely N-dealkylation sites (N-methyl/N-ethyl adjacent to an activating group) is 1. The number of carbonyl (C=O) groups is 1. The molecule has 0 aliphatic rings. The molecule has 0 saturated heterocycles. The number of nitrogens with two attached hydrogens (primary N) is 1. The molecule has 0 fully saturated rings. The summed E-state index contributed by atoms with van der Waals surface area (Å²) in [5, 5.41) is 0. The Morgan fingerprint density at radius 2 is 2.00 bits per heavy atom. The molecule has 6 nitrogen and oxygen atoms in total. The number of nitrogen functional groups attached to an aromatic ring is 1. The number of amides is 1. The van der Waals surface area contributed by atoms with Crippen molar-refractivity contribution < 1.29 is 13.2 Å². The van der Waals surface area contributed by atoms with Crippen LogP contribution in [0.5, 0.6) is 0 Å². The highest BCUT2D eigenvalue weighted by Gasteiger charge is 2.19. The normalized spacial score (nSPS) is 11.3. The summed E-state index contributed by atoms with van der Waals surface area (Å²) in [6.07, 6.45) is 0. The van der Waals surface area contributed by atoms with Gasteiger partial charge >= 0.3 is 0 Å². The zero-order valence-corrected chi connectivity index (χ0v) is 11.4. The molecule has 0 aliphatic heterocycles. The Kier molecular flexibility index (Phi) is 4.31. The van der Waals surface area contributed by atoms with Gasteiger partial charge in [-0.25, -0.2) is 13.1 Å². The van der Waals surface area contributed by atoms with Gasteiger partial charge in [-0.15, -0.1) is 0 Å². The van der Waals surface area contributed by atoms with E-state index in [0.29, 0.717) is 11.3 Å². The predicted molar refractivity (Wildman–Crippen MR) is 69.5 cm³/mol. The Morgan fingerprint density at radius 3 is 2.56 bits per heavy atom. The van der Waals surface area contributed by atoms with Gasteiger partial charge in [0.15, 0.2) is 0 Å². The van der Waals surface area contributed by atoms with Gasteiger partial charge in [0.25, 0.3) is 0 Å². The number of rotatable bonds is 4. The highest BCUT2D eigenvalue weighted by molar-refractivity contribution is 7.89. The van der Waals surface area contributed by atoms with Crippen LogP contribution in [0.3, 0.4) is 0 Å². The van der Waals surface area contributed by atoms with Gasteiger partial charge in [-0.2, -0.15) is 0 Å². The third-order valence-corrected chi connectivity index (χ3v) is 4.07. The Morgan fingerprint density at radius 1 is 1.39 bits per heavy atom. The number of anilines is 1. The van der Waals surface area contributed by atoms with E-state index in [9.17, 15) is 13.2 Å². The van der Waals surface area contributed by atoms with Crippen molar-refractivity contribution in [3.05, 3.63) is 23.8 Å². The Balaban J connectivity index is 2.94. The predicted octanol–water partition coefficient (Wildman–Crippen LogP) is -0.0563. The molecule has 3 N–H and O–H groups in total. The average Bonchev–Trinajstić information content (AvgIpc) is 2.29. The number of nitrogens with zero attached hydrogens (tertiary/aromatic N) is 1. The zero-order chi connectivity index (χ0) is 13.9. The van der Waals surface area contributed by atoms with Crippen molar-refractivity contribution in [2.45, 2.75) is 11.8 Å². The number of hydrogen-bond acceptors (Lipinski definition) is 4. The molecule has 7 heteroatoms. The van der Waals surface area contributed by atoms with E-state index in [0.717, 1.165) is 0 Å². The fourth-order valence-electron chi connectivity index (χ4n) is 1.32. The van der Waals surface area contributed by atoms with Crippen LogP contribution in [0.25, 0.3) is 0 Å². The summed E-state index contributed by atoms with van der Waals surface area (Å²) in [5.41, 5.74) is 6.53. The van der Waals surface area contributed by atoms with Crippen molar-refractivity contribution in [1.29, 1.82) is 0 Å². The minimum atomic E-state index is -3.72. The SMILES string of the molecule is Cc1c(N)cccc1S(=O)(=O)NCC(=O)N(C)C. The van der Waals surface area contributed by atoms with Crippen LogP contribution in [-0.4, -0.2) is 39.9 Å². The van der Waals surface area contributed by atoms with Gasteiger partial charge in [0.2, 0.25) is 15.9 Å². The van der Waals surface area contributed by atoms with Crippen LogP contribution in [0.4, 0.5) is 5.69 Å². The number of hydrogen-bond donors (Lipinski definition) is 2. The molecule has 1 amide bonds. The molecule has 0 bridgehead atoms. The number of sulfonamides is 1. The first kappa shape index (κ1) is 14.5. The average molecular weight is 271 g/mol. The monoisotopic (exact) mass is 271 g/mol. The van der Waals surface area contributed by atoms with Gasteiger partial charge in [0.05, 0.1) is 11.4 Å². The summed E-state index contributed by atoms with van der Waals surface area (Å²) in [6, 6.07) is 4.64. The van der Waals surface area contributed by atoms with Gasteiger partial charge < -0.3 is 10.6 Å². The summed E-state index contributed by atoms with van der Waals surface area (Å²) < 4.78 is 26.2. The smallest absolute Gasteiger partial charge is 0.241 e. The van der Waals surface area contributed by atoms with Crippen LogP contribution in [0.1, 0.15) is 5.56 Å². The first-order chi connectivity index (χ1) is 8.25. The standard InChI is InChI=1S/C11H17N3O3S/c1-8-9(12)5-4-6-10(8)18(16,17)13-7-11(15)14(2)3/h4-6,13H,7,12H2,1-3H3. The lowest BCUT2D eigenvalue weighted by Crippen LogP contribution is -2.36. The Hall–Kier alpha value is -1.60. The maximum Gasteiger partial charge on any atom is 0.241 e. The fourth-order valence-corrected chi connectivity index (χ4v) is 2.56. The van der Waals surface area contributed by atoms with Crippen molar-refractivity contribution >= 4 is 21.6 Å². The second-order valence-electron chi connectivity index (χ2n) is 4.08. The second kappa shape index (κ2) is 5.36. The minimum absolute atomic E-state index is 0.0917. The van der Waals surface area contributed by atoms with Gasteiger partial charge in [-0.05, 0) is 24.6 Å². The topological polar surface area (TPSA) is 92.5 Å². The van der Waals surface area contributed by atoms with E-state index in [1.807, 2.05) is 0 Å². The lowest BCUT2D eigenvalue weighted by Gasteiger charge is -2.13. The van der Waals surface area contributed by atoms with Crippen molar-refractivity contribution in [3.63, 3.8) is 0 Å². The van der Waals surface area contributed by atoms with Crippen molar-refractivity contribution in [2.24, 2.45) is 0 Å². The van der Waals surface area contributed by atoms with Crippen molar-refractivity contribution in [2.75, 3.05) is 26.4 Å². The van der Waals surface area contributed by atoms with E-state index < -0.39 is 10.0 Å². The van der Waals surface area contributed by atoms with E-state index in [-0.39, 0.29) is 17.3 Å². The second-order valence-corrected chi connectivity index (χ2v) is 5.82. The summed E-state index contributed by atoms with van der Waals surface area (Å²) in [5.74, 6) is -0.319. The molecule has 1 aromatic carbocycles. The Bertz CT molecular complexity index is 553. The highest BCUT2D eigenvalue weighted by atomic mass is 32.2. The third kappa shape index (κ3) is 3.21. The lowest BCUT2D eigenvalue weighted by atomic mass is 10.2. The van der Waals surface area contributed by atoms with E-state index in [1.165, 1.54) is 11.0 Å². The maximum absolute atomic E-state index is 12.0. The molecule has 0 heterocycles. The molecule has 0 aromatic heterocycles. The summed E-state index contributed by atoms with van der Waals surface area (Å²) in [4.78, 5) is 12.8. The zero-order valence-electron chi connectivity index (χ0n) is 10.6. The number of nitrogens with one attached hydrogen (secondary N) is 1. The molecule has 0 atom stereocenters. The molecular weight excluding hydrogens is 254 g/mol. The molecule has 0 radical (unpaired) electrons. The van der Waals surface area contributed by atoms with E-state index in [4.69, 9.17) is 5.73 Å². The molecule has 100 valence electrons. The molecule has 1 aromatic rings. The minimum Gasteiger partial charge on any atom is -0.398 e. The van der Waals surface area contributed by atoms with Crippen LogP contribution in [0.15, 0.2) is 23.1 Å². The lowest BCUT2D eigenvalue weighted by molar-refractivity contribution is -0.127. The van der Waals surface area contributed by atoms with E-state index in [1.54, 1.807) is 33.2 Å². The molecule has 0 unspecified atom stereocenters. The fraction of sp³-hybridized carbons (Fsp3) is 0.364. The van der Waals surface area contributed by atoms with Crippen LogP contribution in [0, 0.1) is 6.92 Å². The molecule has 1 rings (SSSR count). The van der Waals surface area contributed by atoms with Crippen LogP contribution < -0.4 is 10.5 Å². The molecule has 0 aliphatic carbocycles. The largest absolute Gasteiger partial charge is 0.398 e. The van der Waals surface area contributed by atoms with Gasteiger partial charge in [-0.3, -0.25) is 4.79 Å². The summed E-state index contributed by atoms with van der Waals surface area (Å²) >= 11 is 0. The van der Waals surface area contributed by atoms with Crippen LogP contribution in [-0.2, 0) is 14.8 Å². The molecule has 0 saturated carbocycles. The quantitative estimate of drug-likeness (QED) is 0.751. The number of benzene rings is 1. The van der Waals surface area contributed by atoms with E-state index >= 15 is 0 Å². The number of carbonyl (C=O) groups excluding carboxylic acids is 1. The van der Waals surface area contributed by atoms with Gasteiger partial charge in [0.1, 0.15) is 0 Å². The summed E-state index contributed by atoms with van der Waals surface area (Å²) in [6.45, 7) is 1.35. The van der Waals surface area contributed by atoms with Gasteiger partial charge in [0, 0.05) is 19.8 Å². The van der Waals surface area contributed by atoms with Crippen molar-refractivity contribution in [1.82, 2.24) is 9.62 Å². The molecule has 18 heavy (non-hydrogen) atoms. The maximum atomic E-state index is 12.0.